The van der Waals surface area contributed by atoms with Crippen molar-refractivity contribution in [1.29, 1.82) is 0 Å². The van der Waals surface area contributed by atoms with Crippen LogP contribution in [0.1, 0.15) is 27.5 Å². The van der Waals surface area contributed by atoms with E-state index >= 15 is 0 Å². The first-order chi connectivity index (χ1) is 13.2. The van der Waals surface area contributed by atoms with Gasteiger partial charge in [-0.25, -0.2) is 0 Å². The number of aryl methyl sites for hydroxylation is 1. The normalized spacial score (nSPS) is 17.7. The molecule has 5 rings (SSSR count). The largest absolute Gasteiger partial charge is 0.486 e. The molecule has 0 saturated heterocycles. The quantitative estimate of drug-likeness (QED) is 0.656. The van der Waals surface area contributed by atoms with E-state index in [0.717, 1.165) is 45.7 Å². The molecule has 0 radical (unpaired) electrons. The van der Waals surface area contributed by atoms with Crippen molar-refractivity contribution in [3.63, 3.8) is 0 Å². The topological polar surface area (TPSA) is 39.4 Å². The van der Waals surface area contributed by atoms with E-state index < -0.39 is 0 Å². The third kappa shape index (κ3) is 2.69. The summed E-state index contributed by atoms with van der Waals surface area (Å²) in [5.74, 6) is 1.77. The van der Waals surface area contributed by atoms with Crippen molar-refractivity contribution in [3.8, 4) is 22.6 Å². The smallest absolute Gasteiger partial charge is 0.231 e. The zero-order valence-corrected chi connectivity index (χ0v) is 15.1. The molecular formula is C23H20NO3+. The van der Waals surface area contributed by atoms with Crippen LogP contribution in [-0.4, -0.2) is 19.0 Å². The van der Waals surface area contributed by atoms with E-state index in [0.29, 0.717) is 13.2 Å². The van der Waals surface area contributed by atoms with Gasteiger partial charge in [0.1, 0.15) is 13.2 Å². The molecule has 0 N–H and O–H groups in total. The Bertz CT molecular complexity index is 1040. The molecule has 0 bridgehead atoms. The second-order valence-corrected chi connectivity index (χ2v) is 7.11. The summed E-state index contributed by atoms with van der Waals surface area (Å²) in [5.41, 5.74) is 5.18. The van der Waals surface area contributed by atoms with Crippen LogP contribution in [0.3, 0.4) is 0 Å². The lowest BCUT2D eigenvalue weighted by Crippen LogP contribution is -2.42. The summed E-state index contributed by atoms with van der Waals surface area (Å²) in [6.45, 7) is 3.16. The van der Waals surface area contributed by atoms with Gasteiger partial charge in [-0.1, -0.05) is 29.8 Å². The maximum atomic E-state index is 12.8. The molecule has 1 unspecified atom stereocenters. The number of carbonyl (C=O) groups excluding carboxylic acids is 1. The predicted molar refractivity (Wildman–Crippen MR) is 101 cm³/mol. The van der Waals surface area contributed by atoms with Gasteiger partial charge >= 0.3 is 0 Å². The first kappa shape index (κ1) is 16.1. The highest BCUT2D eigenvalue weighted by Crippen LogP contribution is 2.39. The van der Waals surface area contributed by atoms with Crippen molar-refractivity contribution in [3.05, 3.63) is 77.6 Å². The minimum atomic E-state index is -0.167. The monoisotopic (exact) mass is 358 g/mol. The molecule has 0 amide bonds. The molecule has 27 heavy (non-hydrogen) atoms. The Hall–Kier alpha value is -3.14. The summed E-state index contributed by atoms with van der Waals surface area (Å²) in [4.78, 5) is 12.8. The molecule has 2 aliphatic rings. The summed E-state index contributed by atoms with van der Waals surface area (Å²) in [5, 5.41) is 0. The number of para-hydroxylation sites is 1. The highest BCUT2D eigenvalue weighted by atomic mass is 16.6. The van der Waals surface area contributed by atoms with Crippen molar-refractivity contribution in [2.75, 3.05) is 13.2 Å². The highest BCUT2D eigenvalue weighted by Gasteiger charge is 2.37. The number of rotatable bonds is 2. The van der Waals surface area contributed by atoms with Gasteiger partial charge < -0.3 is 9.47 Å². The molecular weight excluding hydrogens is 338 g/mol. The minimum Gasteiger partial charge on any atom is -0.486 e. The van der Waals surface area contributed by atoms with Gasteiger partial charge in [0, 0.05) is 29.7 Å². The molecule has 134 valence electrons. The Balaban J connectivity index is 1.46. The maximum absolute atomic E-state index is 12.8. The number of hydrogen-bond donors (Lipinski definition) is 0. The van der Waals surface area contributed by atoms with Gasteiger partial charge in [-0.3, -0.25) is 4.79 Å². The van der Waals surface area contributed by atoms with Crippen LogP contribution >= 0.6 is 0 Å². The van der Waals surface area contributed by atoms with Crippen molar-refractivity contribution < 1.29 is 18.8 Å². The summed E-state index contributed by atoms with van der Waals surface area (Å²) >= 11 is 0. The van der Waals surface area contributed by atoms with Gasteiger partial charge in [0.25, 0.3) is 0 Å². The molecule has 1 atom stereocenters. The van der Waals surface area contributed by atoms with Crippen LogP contribution in [0, 0.1) is 6.92 Å². The van der Waals surface area contributed by atoms with Crippen LogP contribution < -0.4 is 14.0 Å². The minimum absolute atomic E-state index is 0.167. The number of Topliss-reactive ketones (excluding diaryl/α,β-unsaturated/α-hetero) is 1. The molecule has 4 nitrogen and oxygen atoms in total. The lowest BCUT2D eigenvalue weighted by atomic mass is 10.0. The molecule has 1 aromatic heterocycles. The average Bonchev–Trinajstić information content (AvgIpc) is 3.04. The summed E-state index contributed by atoms with van der Waals surface area (Å²) in [7, 11) is 0. The summed E-state index contributed by atoms with van der Waals surface area (Å²) in [6.07, 6.45) is 4.72. The second-order valence-electron chi connectivity index (χ2n) is 7.11. The van der Waals surface area contributed by atoms with Gasteiger partial charge in [-0.15, -0.1) is 0 Å². The molecule has 3 aromatic rings. The Labute approximate surface area is 158 Å². The Kier molecular flexibility index (Phi) is 3.71. The lowest BCUT2D eigenvalue weighted by molar-refractivity contribution is -0.706. The standard InChI is InChI=1S/C23H20NO3/c1-15-5-6-17-14-20(22(25)19(17)13-15)24-9-7-16(8-10-24)18-3-2-4-21-23(18)27-12-11-26-21/h2-10,13,20H,11-12,14H2,1H3/q+1. The highest BCUT2D eigenvalue weighted by molar-refractivity contribution is 6.02. The van der Waals surface area contributed by atoms with Crippen LogP contribution in [0.25, 0.3) is 11.1 Å². The third-order valence-corrected chi connectivity index (χ3v) is 5.34. The maximum Gasteiger partial charge on any atom is 0.231 e. The number of benzene rings is 2. The van der Waals surface area contributed by atoms with Crippen LogP contribution in [0.4, 0.5) is 0 Å². The van der Waals surface area contributed by atoms with Gasteiger partial charge in [0.15, 0.2) is 23.9 Å². The molecule has 4 heteroatoms. The predicted octanol–water partition coefficient (Wildman–Crippen LogP) is 3.70. The Morgan fingerprint density at radius 3 is 2.63 bits per heavy atom. The molecule has 1 aliphatic heterocycles. The van der Waals surface area contributed by atoms with Crippen LogP contribution in [0.5, 0.6) is 11.5 Å². The summed E-state index contributed by atoms with van der Waals surface area (Å²) in [6, 6.07) is 16.0. The van der Waals surface area contributed by atoms with E-state index in [1.165, 1.54) is 0 Å². The van der Waals surface area contributed by atoms with E-state index in [2.05, 4.69) is 12.1 Å². The van der Waals surface area contributed by atoms with Gasteiger partial charge in [-0.05, 0) is 30.2 Å². The first-order valence-corrected chi connectivity index (χ1v) is 9.24. The van der Waals surface area contributed by atoms with E-state index in [9.17, 15) is 4.79 Å². The SMILES string of the molecule is Cc1ccc2c(c1)C(=O)C([n+]1ccc(-c3cccc4c3OCCO4)cc1)C2. The molecule has 0 fully saturated rings. The number of pyridine rings is 1. The fourth-order valence-corrected chi connectivity index (χ4v) is 3.95. The third-order valence-electron chi connectivity index (χ3n) is 5.34. The lowest BCUT2D eigenvalue weighted by Gasteiger charge is -2.20. The zero-order valence-electron chi connectivity index (χ0n) is 15.1. The number of ketones is 1. The van der Waals surface area contributed by atoms with E-state index in [4.69, 9.17) is 9.47 Å². The van der Waals surface area contributed by atoms with Crippen molar-refractivity contribution in [2.24, 2.45) is 0 Å². The first-order valence-electron chi connectivity index (χ1n) is 9.24. The summed E-state index contributed by atoms with van der Waals surface area (Å²) < 4.78 is 13.5. The van der Waals surface area contributed by atoms with E-state index in [-0.39, 0.29) is 11.8 Å². The number of fused-ring (bicyclic) bond motifs is 2. The number of hydrogen-bond acceptors (Lipinski definition) is 3. The number of aromatic nitrogens is 1. The molecule has 0 spiro atoms. The average molecular weight is 358 g/mol. The van der Waals surface area contributed by atoms with Gasteiger partial charge in [0.05, 0.1) is 0 Å². The number of ether oxygens (including phenoxy) is 2. The fourth-order valence-electron chi connectivity index (χ4n) is 3.95. The molecule has 0 saturated carbocycles. The van der Waals surface area contributed by atoms with Crippen LogP contribution in [0.15, 0.2) is 60.9 Å². The van der Waals surface area contributed by atoms with Crippen molar-refractivity contribution >= 4 is 5.78 Å². The second kappa shape index (κ2) is 6.23. The zero-order chi connectivity index (χ0) is 18.4. The molecule has 2 aromatic carbocycles. The fraction of sp³-hybridized carbons (Fsp3) is 0.217. The van der Waals surface area contributed by atoms with Crippen LogP contribution in [0.2, 0.25) is 0 Å². The van der Waals surface area contributed by atoms with E-state index in [1.54, 1.807) is 0 Å². The number of carbonyl (C=O) groups is 1. The van der Waals surface area contributed by atoms with Crippen LogP contribution in [-0.2, 0) is 6.42 Å². The van der Waals surface area contributed by atoms with Gasteiger partial charge in [-0.2, -0.15) is 4.57 Å². The van der Waals surface area contributed by atoms with Crippen molar-refractivity contribution in [1.82, 2.24) is 0 Å². The molecule has 1 aliphatic carbocycles. The number of nitrogens with zero attached hydrogens (tertiary/aromatic N) is 1. The Morgan fingerprint density at radius 1 is 0.963 bits per heavy atom. The Morgan fingerprint density at radius 2 is 1.78 bits per heavy atom. The molecule has 2 heterocycles. The van der Waals surface area contributed by atoms with Gasteiger partial charge in [0.2, 0.25) is 11.8 Å². The van der Waals surface area contributed by atoms with E-state index in [1.807, 2.05) is 60.3 Å². The van der Waals surface area contributed by atoms with Crippen molar-refractivity contribution in [2.45, 2.75) is 19.4 Å².